The highest BCUT2D eigenvalue weighted by atomic mass is 32.2. The van der Waals surface area contributed by atoms with Crippen molar-refractivity contribution in [1.29, 1.82) is 0 Å². The number of rotatable bonds is 7. The van der Waals surface area contributed by atoms with Crippen LogP contribution in [0.3, 0.4) is 0 Å². The van der Waals surface area contributed by atoms with Crippen LogP contribution in [0, 0.1) is 6.92 Å². The Labute approximate surface area is 147 Å². The molecule has 0 bridgehead atoms. The topological polar surface area (TPSA) is 84.5 Å². The Balaban J connectivity index is 2.12. The predicted molar refractivity (Wildman–Crippen MR) is 97.0 cm³/mol. The Kier molecular flexibility index (Phi) is 6.30. The molecular weight excluding hydrogens is 348 g/mol. The second-order valence-electron chi connectivity index (χ2n) is 5.90. The van der Waals surface area contributed by atoms with E-state index in [0.717, 1.165) is 17.9 Å². The van der Waals surface area contributed by atoms with Crippen LogP contribution in [-0.2, 0) is 19.6 Å². The number of hydrogen-bond donors (Lipinski definition) is 2. The molecule has 0 spiro atoms. The zero-order valence-electron chi connectivity index (χ0n) is 14.2. The number of sulfonamides is 1. The Morgan fingerprint density at radius 1 is 1.42 bits per heavy atom. The second kappa shape index (κ2) is 7.86. The van der Waals surface area contributed by atoms with Gasteiger partial charge in [0.05, 0.1) is 10.5 Å². The lowest BCUT2D eigenvalue weighted by Crippen LogP contribution is -2.44. The average Bonchev–Trinajstić information content (AvgIpc) is 3.02. The highest BCUT2D eigenvalue weighted by Gasteiger charge is 2.35. The first-order valence-electron chi connectivity index (χ1n) is 7.85. The molecule has 0 radical (unpaired) electrons. The Bertz CT molecular complexity index is 698. The molecule has 1 heterocycles. The third-order valence-electron chi connectivity index (χ3n) is 4.15. The van der Waals surface area contributed by atoms with Crippen molar-refractivity contribution in [3.63, 3.8) is 0 Å². The van der Waals surface area contributed by atoms with Crippen LogP contribution in [0.25, 0.3) is 0 Å². The molecule has 1 aromatic carbocycles. The fraction of sp³-hybridized carbons (Fsp3) is 0.562. The Hall–Kier alpha value is -1.09. The average molecular weight is 373 g/mol. The lowest BCUT2D eigenvalue weighted by atomic mass is 10.0. The molecule has 24 heavy (non-hydrogen) atoms. The molecule has 1 saturated heterocycles. The van der Waals surface area contributed by atoms with Gasteiger partial charge in [-0.25, -0.2) is 13.1 Å². The highest BCUT2D eigenvalue weighted by Crippen LogP contribution is 2.30. The summed E-state index contributed by atoms with van der Waals surface area (Å²) in [6.45, 7) is 3.73. The standard InChI is InChI=1S/C16H24N2O4S2/c1-4-15(19)18-13-5-6-14(12(2)9-13)24(20,21)17-10-16(22-3)7-8-23-11-16/h5-6,9,17H,4,7-8,10-11H2,1-3H3,(H,18,19)/t16-/m0/s1. The minimum Gasteiger partial charge on any atom is -0.376 e. The van der Waals surface area contributed by atoms with Gasteiger partial charge in [-0.15, -0.1) is 0 Å². The number of methoxy groups -OCH3 is 1. The quantitative estimate of drug-likeness (QED) is 0.766. The van der Waals surface area contributed by atoms with E-state index in [-0.39, 0.29) is 17.3 Å². The summed E-state index contributed by atoms with van der Waals surface area (Å²) in [4.78, 5) is 11.7. The molecule has 1 aliphatic rings. The van der Waals surface area contributed by atoms with E-state index >= 15 is 0 Å². The predicted octanol–water partition coefficient (Wildman–Crippen LogP) is 2.14. The molecule has 134 valence electrons. The molecule has 1 aromatic rings. The van der Waals surface area contributed by atoms with Gasteiger partial charge in [0.15, 0.2) is 0 Å². The lowest BCUT2D eigenvalue weighted by Gasteiger charge is -2.26. The van der Waals surface area contributed by atoms with Gasteiger partial charge < -0.3 is 10.1 Å². The summed E-state index contributed by atoms with van der Waals surface area (Å²) in [5.74, 6) is 1.65. The smallest absolute Gasteiger partial charge is 0.240 e. The van der Waals surface area contributed by atoms with Crippen molar-refractivity contribution in [2.45, 2.75) is 37.2 Å². The van der Waals surface area contributed by atoms with Crippen LogP contribution in [-0.4, -0.2) is 45.1 Å². The molecule has 6 nitrogen and oxygen atoms in total. The van der Waals surface area contributed by atoms with Crippen molar-refractivity contribution in [2.75, 3.05) is 30.5 Å². The SMILES string of the molecule is CCC(=O)Nc1ccc(S(=O)(=O)NC[C@@]2(OC)CCSC2)c(C)c1. The molecule has 1 amide bonds. The summed E-state index contributed by atoms with van der Waals surface area (Å²) in [6, 6.07) is 4.79. The van der Waals surface area contributed by atoms with Gasteiger partial charge in [0.1, 0.15) is 0 Å². The second-order valence-corrected chi connectivity index (χ2v) is 8.74. The zero-order chi connectivity index (χ0) is 17.8. The van der Waals surface area contributed by atoms with Crippen LogP contribution in [0.15, 0.2) is 23.1 Å². The minimum atomic E-state index is -3.63. The van der Waals surface area contributed by atoms with Crippen LogP contribution in [0.1, 0.15) is 25.3 Å². The highest BCUT2D eigenvalue weighted by molar-refractivity contribution is 7.99. The van der Waals surface area contributed by atoms with Crippen LogP contribution in [0.2, 0.25) is 0 Å². The number of aryl methyl sites for hydroxylation is 1. The maximum absolute atomic E-state index is 12.6. The number of carbonyl (C=O) groups excluding carboxylic acids is 1. The summed E-state index contributed by atoms with van der Waals surface area (Å²) in [6.07, 6.45) is 1.20. The Morgan fingerprint density at radius 2 is 2.17 bits per heavy atom. The lowest BCUT2D eigenvalue weighted by molar-refractivity contribution is -0.115. The largest absolute Gasteiger partial charge is 0.376 e. The number of benzene rings is 1. The first-order chi connectivity index (χ1) is 11.3. The van der Waals surface area contributed by atoms with Gasteiger partial charge in [-0.05, 0) is 42.9 Å². The number of ether oxygens (including phenoxy) is 1. The molecule has 8 heteroatoms. The molecule has 2 N–H and O–H groups in total. The molecule has 1 aliphatic heterocycles. The summed E-state index contributed by atoms with van der Waals surface area (Å²) in [5, 5.41) is 2.73. The molecular formula is C16H24N2O4S2. The number of nitrogens with one attached hydrogen (secondary N) is 2. The number of anilines is 1. The molecule has 0 saturated carbocycles. The Morgan fingerprint density at radius 3 is 2.71 bits per heavy atom. The van der Waals surface area contributed by atoms with E-state index < -0.39 is 15.6 Å². The maximum Gasteiger partial charge on any atom is 0.240 e. The van der Waals surface area contributed by atoms with Gasteiger partial charge >= 0.3 is 0 Å². The van der Waals surface area contributed by atoms with E-state index in [0.29, 0.717) is 17.7 Å². The number of amides is 1. The van der Waals surface area contributed by atoms with Crippen molar-refractivity contribution in [2.24, 2.45) is 0 Å². The van der Waals surface area contributed by atoms with E-state index in [1.165, 1.54) is 6.07 Å². The van der Waals surface area contributed by atoms with Crippen molar-refractivity contribution >= 4 is 33.4 Å². The van der Waals surface area contributed by atoms with E-state index in [9.17, 15) is 13.2 Å². The third-order valence-corrected chi connectivity index (χ3v) is 6.94. The van der Waals surface area contributed by atoms with Crippen molar-refractivity contribution in [1.82, 2.24) is 4.72 Å². The van der Waals surface area contributed by atoms with E-state index in [4.69, 9.17) is 4.74 Å². The van der Waals surface area contributed by atoms with Gasteiger partial charge in [-0.3, -0.25) is 4.79 Å². The van der Waals surface area contributed by atoms with Gasteiger partial charge in [-0.1, -0.05) is 6.92 Å². The summed E-state index contributed by atoms with van der Waals surface area (Å²) >= 11 is 1.76. The van der Waals surface area contributed by atoms with Crippen molar-refractivity contribution in [3.8, 4) is 0 Å². The fourth-order valence-corrected chi connectivity index (χ4v) is 5.28. The molecule has 0 unspecified atom stereocenters. The van der Waals surface area contributed by atoms with Crippen molar-refractivity contribution in [3.05, 3.63) is 23.8 Å². The van der Waals surface area contributed by atoms with Gasteiger partial charge in [0, 0.05) is 31.5 Å². The summed E-state index contributed by atoms with van der Waals surface area (Å²) in [7, 11) is -2.01. The third kappa shape index (κ3) is 4.50. The number of hydrogen-bond acceptors (Lipinski definition) is 5. The van der Waals surface area contributed by atoms with Crippen LogP contribution >= 0.6 is 11.8 Å². The monoisotopic (exact) mass is 372 g/mol. The van der Waals surface area contributed by atoms with Crippen LogP contribution in [0.4, 0.5) is 5.69 Å². The summed E-state index contributed by atoms with van der Waals surface area (Å²) < 4.78 is 33.4. The molecule has 2 rings (SSSR count). The fourth-order valence-electron chi connectivity index (χ4n) is 2.54. The molecule has 1 fully saturated rings. The molecule has 0 aliphatic carbocycles. The maximum atomic E-state index is 12.6. The van der Waals surface area contributed by atoms with Gasteiger partial charge in [0.2, 0.25) is 15.9 Å². The zero-order valence-corrected chi connectivity index (χ0v) is 15.9. The van der Waals surface area contributed by atoms with Gasteiger partial charge in [0.25, 0.3) is 0 Å². The van der Waals surface area contributed by atoms with Crippen molar-refractivity contribution < 1.29 is 17.9 Å². The molecule has 0 aromatic heterocycles. The van der Waals surface area contributed by atoms with E-state index in [2.05, 4.69) is 10.0 Å². The van der Waals surface area contributed by atoms with E-state index in [1.807, 2.05) is 0 Å². The number of thioether (sulfide) groups is 1. The van der Waals surface area contributed by atoms with Crippen LogP contribution in [0.5, 0.6) is 0 Å². The number of carbonyl (C=O) groups is 1. The summed E-state index contributed by atoms with van der Waals surface area (Å²) in [5.41, 5.74) is 0.753. The first kappa shape index (κ1) is 19.2. The van der Waals surface area contributed by atoms with Gasteiger partial charge in [-0.2, -0.15) is 11.8 Å². The molecule has 1 atom stereocenters. The normalized spacial score (nSPS) is 21.0. The van der Waals surface area contributed by atoms with Crippen LogP contribution < -0.4 is 10.0 Å². The van der Waals surface area contributed by atoms with E-state index in [1.54, 1.807) is 44.9 Å². The minimum absolute atomic E-state index is 0.107. The first-order valence-corrected chi connectivity index (χ1v) is 10.5.